The summed E-state index contributed by atoms with van der Waals surface area (Å²) in [6, 6.07) is 0.430. The predicted octanol–water partition coefficient (Wildman–Crippen LogP) is 1.59. The Morgan fingerprint density at radius 2 is 2.08 bits per heavy atom. The number of hydrogen-bond acceptors (Lipinski definition) is 5. The van der Waals surface area contributed by atoms with E-state index in [1.165, 1.54) is 12.8 Å². The number of sulfonamides is 1. The molecule has 0 bridgehead atoms. The maximum Gasteiger partial charge on any atom is 0.215 e. The van der Waals surface area contributed by atoms with Crippen LogP contribution >= 0.6 is 23.5 Å². The van der Waals surface area contributed by atoms with E-state index in [1.807, 2.05) is 30.4 Å². The lowest BCUT2D eigenvalue weighted by molar-refractivity contribution is 0.419. The van der Waals surface area contributed by atoms with Gasteiger partial charge in [0.2, 0.25) is 10.0 Å². The lowest BCUT2D eigenvalue weighted by Gasteiger charge is -2.30. The monoisotopic (exact) mass is 408 g/mol. The number of thioether (sulfide) groups is 2. The van der Waals surface area contributed by atoms with Crippen molar-refractivity contribution in [1.82, 2.24) is 14.9 Å². The topological polar surface area (TPSA) is 73.8 Å². The standard InChI is InChI=1S/C16H32N4O2S3/c1-3-17-16(19-14-5-4-6-15(13-14)23-2)18-7-12-25(21,22)20-8-10-24-11-9-20/h14-15H,3-13H2,1-2H3,(H2,17,18,19). The van der Waals surface area contributed by atoms with Gasteiger partial charge < -0.3 is 10.6 Å². The van der Waals surface area contributed by atoms with Crippen molar-refractivity contribution in [3.63, 3.8) is 0 Å². The quantitative estimate of drug-likeness (QED) is 0.492. The van der Waals surface area contributed by atoms with Gasteiger partial charge in [-0.3, -0.25) is 4.99 Å². The Morgan fingerprint density at radius 1 is 1.32 bits per heavy atom. The van der Waals surface area contributed by atoms with E-state index in [1.54, 1.807) is 4.31 Å². The van der Waals surface area contributed by atoms with E-state index in [4.69, 9.17) is 0 Å². The van der Waals surface area contributed by atoms with Crippen LogP contribution in [0.4, 0.5) is 0 Å². The highest BCUT2D eigenvalue weighted by Crippen LogP contribution is 2.26. The van der Waals surface area contributed by atoms with E-state index < -0.39 is 10.0 Å². The Balaban J connectivity index is 1.86. The molecule has 1 heterocycles. The van der Waals surface area contributed by atoms with Crippen LogP contribution in [0, 0.1) is 0 Å². The molecule has 2 fully saturated rings. The van der Waals surface area contributed by atoms with Gasteiger partial charge >= 0.3 is 0 Å². The fourth-order valence-corrected chi connectivity index (χ4v) is 6.51. The molecule has 0 amide bonds. The SMILES string of the molecule is CCNC(=NCCS(=O)(=O)N1CCSCC1)NC1CCCC(SC)C1. The zero-order chi connectivity index (χ0) is 18.1. The highest BCUT2D eigenvalue weighted by Gasteiger charge is 2.24. The first-order valence-corrected chi connectivity index (χ1v) is 13.2. The second-order valence-corrected chi connectivity index (χ2v) is 10.9. The van der Waals surface area contributed by atoms with Crippen molar-refractivity contribution in [2.24, 2.45) is 4.99 Å². The van der Waals surface area contributed by atoms with Crippen LogP contribution in [-0.2, 0) is 10.0 Å². The smallest absolute Gasteiger partial charge is 0.215 e. The first kappa shape index (κ1) is 21.2. The summed E-state index contributed by atoms with van der Waals surface area (Å²) in [4.78, 5) is 4.52. The summed E-state index contributed by atoms with van der Waals surface area (Å²) in [7, 11) is -3.19. The van der Waals surface area contributed by atoms with Gasteiger partial charge in [0.15, 0.2) is 5.96 Å². The third-order valence-corrected chi connectivity index (χ3v) is 8.51. The van der Waals surface area contributed by atoms with Gasteiger partial charge in [-0.05, 0) is 32.4 Å². The lowest BCUT2D eigenvalue weighted by atomic mass is 9.95. The Bertz CT molecular complexity index is 521. The summed E-state index contributed by atoms with van der Waals surface area (Å²) in [5, 5.41) is 7.46. The van der Waals surface area contributed by atoms with Gasteiger partial charge in [0, 0.05) is 42.4 Å². The first-order valence-electron chi connectivity index (χ1n) is 9.18. The number of guanidine groups is 1. The van der Waals surface area contributed by atoms with Crippen LogP contribution in [0.15, 0.2) is 4.99 Å². The summed E-state index contributed by atoms with van der Waals surface area (Å²) in [6.45, 7) is 4.38. The molecule has 1 saturated carbocycles. The minimum absolute atomic E-state index is 0.0896. The average Bonchev–Trinajstić information content (AvgIpc) is 2.62. The van der Waals surface area contributed by atoms with E-state index in [2.05, 4.69) is 21.9 Å². The van der Waals surface area contributed by atoms with E-state index in [0.717, 1.165) is 36.9 Å². The Morgan fingerprint density at radius 3 is 2.76 bits per heavy atom. The van der Waals surface area contributed by atoms with Gasteiger partial charge in [-0.25, -0.2) is 12.7 Å². The predicted molar refractivity (Wildman–Crippen MR) is 111 cm³/mol. The number of rotatable bonds is 7. The molecule has 1 aliphatic heterocycles. The molecule has 0 aromatic heterocycles. The fourth-order valence-electron chi connectivity index (χ4n) is 3.23. The van der Waals surface area contributed by atoms with Crippen molar-refractivity contribution in [2.75, 3.05) is 49.7 Å². The number of hydrogen-bond donors (Lipinski definition) is 2. The van der Waals surface area contributed by atoms with E-state index >= 15 is 0 Å². The van der Waals surface area contributed by atoms with Crippen LogP contribution in [-0.4, -0.2) is 79.7 Å². The molecule has 2 atom stereocenters. The lowest BCUT2D eigenvalue weighted by Crippen LogP contribution is -2.46. The van der Waals surface area contributed by atoms with Crippen molar-refractivity contribution in [1.29, 1.82) is 0 Å². The second kappa shape index (κ2) is 10.9. The Hall–Kier alpha value is -0.120. The third kappa shape index (κ3) is 7.19. The van der Waals surface area contributed by atoms with Gasteiger partial charge in [0.25, 0.3) is 0 Å². The molecule has 9 heteroatoms. The van der Waals surface area contributed by atoms with E-state index in [-0.39, 0.29) is 5.75 Å². The zero-order valence-electron chi connectivity index (χ0n) is 15.4. The molecule has 2 N–H and O–H groups in total. The summed E-state index contributed by atoms with van der Waals surface area (Å²) in [6.07, 6.45) is 7.01. The zero-order valence-corrected chi connectivity index (χ0v) is 17.8. The summed E-state index contributed by atoms with van der Waals surface area (Å²) in [5.74, 6) is 2.63. The van der Waals surface area contributed by atoms with Gasteiger partial charge in [-0.1, -0.05) is 6.42 Å². The molecule has 0 aromatic carbocycles. The van der Waals surface area contributed by atoms with Crippen LogP contribution in [0.5, 0.6) is 0 Å². The van der Waals surface area contributed by atoms with Crippen LogP contribution in [0.3, 0.4) is 0 Å². The van der Waals surface area contributed by atoms with Gasteiger partial charge in [-0.2, -0.15) is 23.5 Å². The van der Waals surface area contributed by atoms with Crippen molar-refractivity contribution < 1.29 is 8.42 Å². The van der Waals surface area contributed by atoms with Crippen LogP contribution in [0.1, 0.15) is 32.6 Å². The summed E-state index contributed by atoms with van der Waals surface area (Å²) >= 11 is 3.76. The van der Waals surface area contributed by atoms with E-state index in [9.17, 15) is 8.42 Å². The number of aliphatic imine (C=N–C) groups is 1. The molecule has 2 rings (SSSR count). The van der Waals surface area contributed by atoms with Crippen LogP contribution in [0.2, 0.25) is 0 Å². The van der Waals surface area contributed by atoms with E-state index in [0.29, 0.717) is 30.9 Å². The summed E-state index contributed by atoms with van der Waals surface area (Å²) in [5.41, 5.74) is 0. The van der Waals surface area contributed by atoms with Crippen molar-refractivity contribution >= 4 is 39.5 Å². The molecule has 6 nitrogen and oxygen atoms in total. The number of nitrogens with zero attached hydrogens (tertiary/aromatic N) is 2. The molecule has 0 radical (unpaired) electrons. The Kier molecular flexibility index (Phi) is 9.23. The average molecular weight is 409 g/mol. The van der Waals surface area contributed by atoms with Crippen molar-refractivity contribution in [3.05, 3.63) is 0 Å². The molecule has 2 aliphatic rings. The maximum atomic E-state index is 12.4. The fraction of sp³-hybridized carbons (Fsp3) is 0.938. The molecule has 1 aliphatic carbocycles. The van der Waals surface area contributed by atoms with Crippen LogP contribution in [0.25, 0.3) is 0 Å². The minimum Gasteiger partial charge on any atom is -0.357 e. The second-order valence-electron chi connectivity index (χ2n) is 6.45. The minimum atomic E-state index is -3.19. The molecule has 146 valence electrons. The molecule has 0 aromatic rings. The normalized spacial score (nSPS) is 26.4. The molecular formula is C16H32N4O2S3. The largest absolute Gasteiger partial charge is 0.357 e. The maximum absolute atomic E-state index is 12.4. The van der Waals surface area contributed by atoms with Crippen molar-refractivity contribution in [3.8, 4) is 0 Å². The summed E-state index contributed by atoms with van der Waals surface area (Å²) < 4.78 is 26.4. The molecule has 25 heavy (non-hydrogen) atoms. The molecule has 1 saturated heterocycles. The van der Waals surface area contributed by atoms with Crippen LogP contribution < -0.4 is 10.6 Å². The van der Waals surface area contributed by atoms with Crippen molar-refractivity contribution in [2.45, 2.75) is 43.9 Å². The first-order chi connectivity index (χ1) is 12.0. The molecular weight excluding hydrogens is 376 g/mol. The van der Waals surface area contributed by atoms with Gasteiger partial charge in [0.05, 0.1) is 12.3 Å². The molecule has 0 spiro atoms. The van der Waals surface area contributed by atoms with Gasteiger partial charge in [0.1, 0.15) is 0 Å². The molecule has 2 unspecified atom stereocenters. The highest BCUT2D eigenvalue weighted by molar-refractivity contribution is 7.99. The Labute approximate surface area is 161 Å². The highest BCUT2D eigenvalue weighted by atomic mass is 32.2. The van der Waals surface area contributed by atoms with Gasteiger partial charge in [-0.15, -0.1) is 0 Å². The third-order valence-electron chi connectivity index (χ3n) is 4.63. The number of nitrogens with one attached hydrogen (secondary N) is 2.